The lowest BCUT2D eigenvalue weighted by molar-refractivity contribution is -0.157. The molecule has 188 valence electrons. The first-order chi connectivity index (χ1) is 17.8. The van der Waals surface area contributed by atoms with Gasteiger partial charge >= 0.3 is 12.1 Å². The third-order valence-corrected chi connectivity index (χ3v) is 6.53. The summed E-state index contributed by atoms with van der Waals surface area (Å²) >= 11 is 0. The number of alkyl carbamates (subject to hydrolysis) is 1. The van der Waals surface area contributed by atoms with Crippen molar-refractivity contribution in [1.82, 2.24) is 10.3 Å². The molecule has 1 aromatic heterocycles. The molecular formula is C31H30N2O4. The highest BCUT2D eigenvalue weighted by atomic mass is 16.6. The van der Waals surface area contributed by atoms with Crippen LogP contribution < -0.4 is 5.32 Å². The van der Waals surface area contributed by atoms with Crippen molar-refractivity contribution in [3.8, 4) is 11.1 Å². The van der Waals surface area contributed by atoms with E-state index >= 15 is 0 Å². The number of carbonyl (C=O) groups is 2. The molecule has 5 rings (SSSR count). The number of nitrogens with one attached hydrogen (secondary N) is 1. The van der Waals surface area contributed by atoms with Gasteiger partial charge in [0.25, 0.3) is 0 Å². The first-order valence-corrected chi connectivity index (χ1v) is 12.5. The Bertz CT molecular complexity index is 1410. The van der Waals surface area contributed by atoms with Gasteiger partial charge in [-0.15, -0.1) is 0 Å². The zero-order valence-corrected chi connectivity index (χ0v) is 21.2. The lowest BCUT2D eigenvalue weighted by Gasteiger charge is -2.25. The van der Waals surface area contributed by atoms with Gasteiger partial charge in [0.2, 0.25) is 0 Å². The second kappa shape index (κ2) is 10.1. The largest absolute Gasteiger partial charge is 0.458 e. The molecule has 0 fully saturated rings. The van der Waals surface area contributed by atoms with Crippen molar-refractivity contribution in [2.75, 3.05) is 6.61 Å². The van der Waals surface area contributed by atoms with Gasteiger partial charge in [-0.05, 0) is 60.0 Å². The molecule has 37 heavy (non-hydrogen) atoms. The minimum atomic E-state index is -0.916. The summed E-state index contributed by atoms with van der Waals surface area (Å²) in [5, 5.41) is 4.70. The van der Waals surface area contributed by atoms with Crippen LogP contribution in [0.4, 0.5) is 4.79 Å². The number of hydrogen-bond acceptors (Lipinski definition) is 5. The van der Waals surface area contributed by atoms with Crippen molar-refractivity contribution >= 4 is 22.8 Å². The summed E-state index contributed by atoms with van der Waals surface area (Å²) in [5.41, 5.74) is 4.76. The van der Waals surface area contributed by atoms with Crippen LogP contribution in [-0.4, -0.2) is 35.3 Å². The number of amides is 1. The minimum absolute atomic E-state index is 0.0673. The summed E-state index contributed by atoms with van der Waals surface area (Å²) in [4.78, 5) is 30.3. The van der Waals surface area contributed by atoms with Crippen molar-refractivity contribution < 1.29 is 19.1 Å². The highest BCUT2D eigenvalue weighted by molar-refractivity contribution is 5.87. The number of ether oxygens (including phenoxy) is 2. The molecule has 0 saturated carbocycles. The molecule has 1 N–H and O–H groups in total. The Hall–Kier alpha value is -4.19. The molecule has 1 amide bonds. The van der Waals surface area contributed by atoms with Gasteiger partial charge in [0.15, 0.2) is 0 Å². The molecule has 1 aliphatic rings. The predicted molar refractivity (Wildman–Crippen MR) is 143 cm³/mol. The number of nitrogens with zero attached hydrogens (tertiary/aromatic N) is 1. The van der Waals surface area contributed by atoms with E-state index < -0.39 is 23.7 Å². The molecular weight excluding hydrogens is 464 g/mol. The summed E-state index contributed by atoms with van der Waals surface area (Å²) < 4.78 is 11.3. The van der Waals surface area contributed by atoms with E-state index in [4.69, 9.17) is 9.47 Å². The first kappa shape index (κ1) is 24.5. The fourth-order valence-corrected chi connectivity index (χ4v) is 4.92. The highest BCUT2D eigenvalue weighted by Crippen LogP contribution is 2.44. The van der Waals surface area contributed by atoms with E-state index in [0.717, 1.165) is 38.6 Å². The number of fused-ring (bicyclic) bond motifs is 4. The number of hydrogen-bond donors (Lipinski definition) is 1. The van der Waals surface area contributed by atoms with Gasteiger partial charge in [-0.2, -0.15) is 0 Å². The maximum Gasteiger partial charge on any atom is 0.407 e. The molecule has 0 unspecified atom stereocenters. The summed E-state index contributed by atoms with van der Waals surface area (Å²) in [6.07, 6.45) is 3.09. The number of esters is 1. The van der Waals surface area contributed by atoms with Gasteiger partial charge in [0, 0.05) is 30.1 Å². The molecule has 0 aliphatic heterocycles. The van der Waals surface area contributed by atoms with Crippen LogP contribution in [0.2, 0.25) is 0 Å². The quantitative estimate of drug-likeness (QED) is 0.331. The van der Waals surface area contributed by atoms with Crippen LogP contribution in [-0.2, 0) is 20.7 Å². The van der Waals surface area contributed by atoms with Gasteiger partial charge in [-0.25, -0.2) is 9.59 Å². The molecule has 0 spiro atoms. The predicted octanol–water partition coefficient (Wildman–Crippen LogP) is 6.03. The van der Waals surface area contributed by atoms with Crippen molar-refractivity contribution in [2.45, 2.75) is 44.8 Å². The Balaban J connectivity index is 1.34. The van der Waals surface area contributed by atoms with Gasteiger partial charge in [0.05, 0.1) is 0 Å². The van der Waals surface area contributed by atoms with Crippen LogP contribution >= 0.6 is 0 Å². The molecule has 0 bridgehead atoms. The number of benzene rings is 3. The standard InChI is InChI=1S/C31H30N2O4/c1-31(2,3)37-29(34)28(17-21-10-8-9-20-15-16-32-18-26(20)21)33-30(35)36-19-27-24-13-6-4-11-22(24)23-12-5-7-14-25(23)27/h4-16,18,27-28H,17,19H2,1-3H3,(H,33,35)/t28-/m0/s1. The van der Waals surface area contributed by atoms with Crippen molar-refractivity contribution in [3.63, 3.8) is 0 Å². The Morgan fingerprint density at radius 2 is 1.59 bits per heavy atom. The fraction of sp³-hybridized carbons (Fsp3) is 0.258. The molecule has 6 nitrogen and oxygen atoms in total. The molecule has 0 saturated heterocycles. The summed E-state index contributed by atoms with van der Waals surface area (Å²) in [7, 11) is 0. The van der Waals surface area contributed by atoms with E-state index in [-0.39, 0.29) is 18.9 Å². The van der Waals surface area contributed by atoms with E-state index in [0.29, 0.717) is 0 Å². The number of pyridine rings is 1. The smallest absolute Gasteiger partial charge is 0.407 e. The number of carbonyl (C=O) groups excluding carboxylic acids is 2. The Morgan fingerprint density at radius 1 is 0.919 bits per heavy atom. The van der Waals surface area contributed by atoms with Crippen LogP contribution in [0.25, 0.3) is 21.9 Å². The zero-order chi connectivity index (χ0) is 26.0. The average Bonchev–Trinajstić information content (AvgIpc) is 3.20. The summed E-state index contributed by atoms with van der Waals surface area (Å²) in [5.74, 6) is -0.579. The molecule has 3 aromatic carbocycles. The Kier molecular flexibility index (Phi) is 6.66. The van der Waals surface area contributed by atoms with Gasteiger partial charge in [-0.1, -0.05) is 66.7 Å². The molecule has 6 heteroatoms. The van der Waals surface area contributed by atoms with E-state index in [1.165, 1.54) is 0 Å². The van der Waals surface area contributed by atoms with Crippen molar-refractivity contribution in [3.05, 3.63) is 102 Å². The topological polar surface area (TPSA) is 77.5 Å². The molecule has 0 radical (unpaired) electrons. The monoisotopic (exact) mass is 494 g/mol. The van der Waals surface area contributed by atoms with Crippen LogP contribution in [0.5, 0.6) is 0 Å². The van der Waals surface area contributed by atoms with E-state index in [1.807, 2.05) is 48.5 Å². The van der Waals surface area contributed by atoms with Crippen LogP contribution in [0.1, 0.15) is 43.4 Å². The lowest BCUT2D eigenvalue weighted by atomic mass is 9.98. The van der Waals surface area contributed by atoms with Gasteiger partial charge in [0.1, 0.15) is 18.2 Å². The fourth-order valence-electron chi connectivity index (χ4n) is 4.92. The minimum Gasteiger partial charge on any atom is -0.458 e. The highest BCUT2D eigenvalue weighted by Gasteiger charge is 2.31. The van der Waals surface area contributed by atoms with Gasteiger partial charge < -0.3 is 14.8 Å². The first-order valence-electron chi connectivity index (χ1n) is 12.5. The summed E-state index contributed by atoms with van der Waals surface area (Å²) in [6, 6.07) is 23.2. The third-order valence-electron chi connectivity index (χ3n) is 6.53. The second-order valence-corrected chi connectivity index (χ2v) is 10.3. The SMILES string of the molecule is CC(C)(C)OC(=O)[C@H](Cc1cccc2ccncc12)NC(=O)OCC1c2ccccc2-c2ccccc21. The Morgan fingerprint density at radius 3 is 2.27 bits per heavy atom. The van der Waals surface area contributed by atoms with Crippen LogP contribution in [0, 0.1) is 0 Å². The maximum atomic E-state index is 13.1. The van der Waals surface area contributed by atoms with Crippen molar-refractivity contribution in [2.24, 2.45) is 0 Å². The number of rotatable bonds is 6. The zero-order valence-electron chi connectivity index (χ0n) is 21.2. The Labute approximate surface area is 216 Å². The average molecular weight is 495 g/mol. The second-order valence-electron chi connectivity index (χ2n) is 10.3. The van der Waals surface area contributed by atoms with Gasteiger partial charge in [-0.3, -0.25) is 4.98 Å². The molecule has 4 aromatic rings. The lowest BCUT2D eigenvalue weighted by Crippen LogP contribution is -2.46. The normalized spacial score (nSPS) is 13.5. The van der Waals surface area contributed by atoms with Crippen LogP contribution in [0.15, 0.2) is 85.2 Å². The molecule has 1 heterocycles. The molecule has 1 atom stereocenters. The van der Waals surface area contributed by atoms with E-state index in [2.05, 4.69) is 34.6 Å². The maximum absolute atomic E-state index is 13.1. The molecule has 1 aliphatic carbocycles. The van der Waals surface area contributed by atoms with E-state index in [9.17, 15) is 9.59 Å². The summed E-state index contributed by atoms with van der Waals surface area (Å²) in [6.45, 7) is 5.57. The van der Waals surface area contributed by atoms with Crippen LogP contribution in [0.3, 0.4) is 0 Å². The number of aromatic nitrogens is 1. The third kappa shape index (κ3) is 5.33. The van der Waals surface area contributed by atoms with Crippen molar-refractivity contribution in [1.29, 1.82) is 0 Å². The van der Waals surface area contributed by atoms with E-state index in [1.54, 1.807) is 33.2 Å².